The summed E-state index contributed by atoms with van der Waals surface area (Å²) in [5, 5.41) is 20.3. The van der Waals surface area contributed by atoms with E-state index in [0.717, 1.165) is 50.5 Å². The Morgan fingerprint density at radius 2 is 1.38 bits per heavy atom. The third kappa shape index (κ3) is 9.74. The second-order valence-electron chi connectivity index (χ2n) is 8.81. The molecular formula is C27H26Cl2F3N3O4. The summed E-state index contributed by atoms with van der Waals surface area (Å²) >= 11 is 12.0. The summed E-state index contributed by atoms with van der Waals surface area (Å²) in [7, 11) is 0. The molecule has 0 atom stereocenters. The van der Waals surface area contributed by atoms with E-state index in [2.05, 4.69) is 21.2 Å². The number of piperazine rings is 1. The van der Waals surface area contributed by atoms with Gasteiger partial charge in [0, 0.05) is 50.5 Å². The van der Waals surface area contributed by atoms with Gasteiger partial charge in [0.15, 0.2) is 0 Å². The summed E-state index contributed by atoms with van der Waals surface area (Å²) in [4.78, 5) is 26.3. The van der Waals surface area contributed by atoms with E-state index < -0.39 is 12.1 Å². The SMILES string of the molecule is O=C(Nc1cccc(CN2CCN(Cc3ccc(O)cc3)CC2)c1)c1ccc(Cl)c(Cl)c1.O=C(O)C(F)(F)F. The first-order valence-corrected chi connectivity index (χ1v) is 12.5. The summed E-state index contributed by atoms with van der Waals surface area (Å²) in [6.45, 7) is 5.69. The summed E-state index contributed by atoms with van der Waals surface area (Å²) in [6, 6.07) is 20.2. The van der Waals surface area contributed by atoms with E-state index >= 15 is 0 Å². The van der Waals surface area contributed by atoms with Crippen LogP contribution in [0.4, 0.5) is 18.9 Å². The zero-order valence-corrected chi connectivity index (χ0v) is 22.1. The molecule has 0 unspecified atom stereocenters. The van der Waals surface area contributed by atoms with Gasteiger partial charge in [0.05, 0.1) is 10.0 Å². The molecular weight excluding hydrogens is 558 g/mol. The van der Waals surface area contributed by atoms with E-state index in [1.54, 1.807) is 30.3 Å². The van der Waals surface area contributed by atoms with Crippen molar-refractivity contribution in [1.29, 1.82) is 0 Å². The molecule has 3 N–H and O–H groups in total. The molecule has 0 aliphatic carbocycles. The molecule has 7 nitrogen and oxygen atoms in total. The first-order valence-electron chi connectivity index (χ1n) is 11.8. The second-order valence-corrected chi connectivity index (χ2v) is 9.62. The van der Waals surface area contributed by atoms with Crippen molar-refractivity contribution >= 4 is 40.8 Å². The Labute approximate surface area is 233 Å². The number of hydrogen-bond acceptors (Lipinski definition) is 5. The van der Waals surface area contributed by atoms with Gasteiger partial charge in [-0.2, -0.15) is 13.2 Å². The van der Waals surface area contributed by atoms with Gasteiger partial charge < -0.3 is 15.5 Å². The average molecular weight is 584 g/mol. The maximum atomic E-state index is 12.5. The number of aromatic hydroxyl groups is 1. The highest BCUT2D eigenvalue weighted by Gasteiger charge is 2.38. The van der Waals surface area contributed by atoms with E-state index in [1.807, 2.05) is 30.3 Å². The molecule has 4 rings (SSSR count). The molecule has 39 heavy (non-hydrogen) atoms. The van der Waals surface area contributed by atoms with Gasteiger partial charge in [-0.05, 0) is 53.6 Å². The molecule has 1 heterocycles. The maximum absolute atomic E-state index is 12.5. The summed E-state index contributed by atoms with van der Waals surface area (Å²) < 4.78 is 31.7. The number of aliphatic carboxylic acids is 1. The summed E-state index contributed by atoms with van der Waals surface area (Å²) in [5.74, 6) is -2.68. The van der Waals surface area contributed by atoms with Gasteiger partial charge in [-0.1, -0.05) is 47.5 Å². The fourth-order valence-electron chi connectivity index (χ4n) is 3.81. The van der Waals surface area contributed by atoms with Crippen LogP contribution in [0.15, 0.2) is 66.7 Å². The molecule has 0 saturated carbocycles. The second kappa shape index (κ2) is 13.7. The van der Waals surface area contributed by atoms with Gasteiger partial charge in [-0.3, -0.25) is 14.6 Å². The van der Waals surface area contributed by atoms with E-state index in [0.29, 0.717) is 21.4 Å². The van der Waals surface area contributed by atoms with Crippen LogP contribution in [0.25, 0.3) is 0 Å². The summed E-state index contributed by atoms with van der Waals surface area (Å²) in [6.07, 6.45) is -5.08. The van der Waals surface area contributed by atoms with Gasteiger partial charge >= 0.3 is 12.1 Å². The van der Waals surface area contributed by atoms with Crippen molar-refractivity contribution in [1.82, 2.24) is 9.80 Å². The number of alkyl halides is 3. The Bertz CT molecular complexity index is 1280. The van der Waals surface area contributed by atoms with Crippen molar-refractivity contribution in [3.05, 3.63) is 93.5 Å². The third-order valence-electron chi connectivity index (χ3n) is 5.82. The minimum Gasteiger partial charge on any atom is -0.508 e. The number of phenolic OH excluding ortho intramolecular Hbond substituents is 1. The molecule has 1 fully saturated rings. The molecule has 3 aromatic rings. The maximum Gasteiger partial charge on any atom is 0.490 e. The van der Waals surface area contributed by atoms with E-state index in [9.17, 15) is 23.1 Å². The molecule has 1 aliphatic heterocycles. The highest BCUT2D eigenvalue weighted by Crippen LogP contribution is 2.23. The Morgan fingerprint density at radius 3 is 1.92 bits per heavy atom. The van der Waals surface area contributed by atoms with Crippen molar-refractivity contribution in [2.45, 2.75) is 19.3 Å². The quantitative estimate of drug-likeness (QED) is 0.334. The van der Waals surface area contributed by atoms with Gasteiger partial charge in [0.25, 0.3) is 5.91 Å². The number of carbonyl (C=O) groups is 2. The fraction of sp³-hybridized carbons (Fsp3) is 0.259. The Morgan fingerprint density at radius 1 is 0.821 bits per heavy atom. The summed E-state index contributed by atoms with van der Waals surface area (Å²) in [5.41, 5.74) is 3.59. The predicted octanol–water partition coefficient (Wildman–Crippen LogP) is 5.90. The highest BCUT2D eigenvalue weighted by atomic mass is 35.5. The fourth-order valence-corrected chi connectivity index (χ4v) is 4.11. The molecule has 1 aliphatic rings. The van der Waals surface area contributed by atoms with Crippen molar-refractivity contribution in [2.24, 2.45) is 0 Å². The van der Waals surface area contributed by atoms with Crippen LogP contribution in [0.1, 0.15) is 21.5 Å². The lowest BCUT2D eigenvalue weighted by Gasteiger charge is -2.34. The number of carbonyl (C=O) groups excluding carboxylic acids is 1. The van der Waals surface area contributed by atoms with Crippen LogP contribution in [-0.4, -0.2) is 64.2 Å². The number of phenols is 1. The van der Waals surface area contributed by atoms with Gasteiger partial charge in [-0.15, -0.1) is 0 Å². The molecule has 0 aromatic heterocycles. The Balaban J connectivity index is 0.000000532. The van der Waals surface area contributed by atoms with Gasteiger partial charge in [0.1, 0.15) is 5.75 Å². The van der Waals surface area contributed by atoms with E-state index in [1.165, 1.54) is 5.56 Å². The number of nitrogens with one attached hydrogen (secondary N) is 1. The molecule has 1 amide bonds. The van der Waals surface area contributed by atoms with Crippen LogP contribution in [0.2, 0.25) is 10.0 Å². The van der Waals surface area contributed by atoms with Crippen LogP contribution in [0, 0.1) is 0 Å². The van der Waals surface area contributed by atoms with Crippen molar-refractivity contribution < 1.29 is 33.0 Å². The molecule has 0 spiro atoms. The Hall–Kier alpha value is -3.31. The molecule has 0 bridgehead atoms. The minimum atomic E-state index is -5.08. The van der Waals surface area contributed by atoms with Crippen LogP contribution < -0.4 is 5.32 Å². The number of carboxylic acid groups (broad SMARTS) is 1. The minimum absolute atomic E-state index is 0.219. The van der Waals surface area contributed by atoms with Crippen molar-refractivity contribution in [2.75, 3.05) is 31.5 Å². The largest absolute Gasteiger partial charge is 0.508 e. The van der Waals surface area contributed by atoms with Crippen molar-refractivity contribution in [3.8, 4) is 5.75 Å². The zero-order chi connectivity index (χ0) is 28.6. The van der Waals surface area contributed by atoms with E-state index in [4.69, 9.17) is 33.1 Å². The van der Waals surface area contributed by atoms with Crippen molar-refractivity contribution in [3.63, 3.8) is 0 Å². The lowest BCUT2D eigenvalue weighted by Crippen LogP contribution is -2.45. The number of carboxylic acids is 1. The molecule has 3 aromatic carbocycles. The number of nitrogens with zero attached hydrogens (tertiary/aromatic N) is 2. The first kappa shape index (κ1) is 30.2. The Kier molecular flexibility index (Phi) is 10.6. The lowest BCUT2D eigenvalue weighted by atomic mass is 10.1. The number of hydrogen-bond donors (Lipinski definition) is 3. The predicted molar refractivity (Wildman–Crippen MR) is 143 cm³/mol. The molecule has 1 saturated heterocycles. The first-order chi connectivity index (χ1) is 18.4. The average Bonchev–Trinajstić information content (AvgIpc) is 2.88. The van der Waals surface area contributed by atoms with Crippen LogP contribution >= 0.6 is 23.2 Å². The van der Waals surface area contributed by atoms with Crippen LogP contribution in [0.3, 0.4) is 0 Å². The topological polar surface area (TPSA) is 93.1 Å². The number of amides is 1. The number of benzene rings is 3. The van der Waals surface area contributed by atoms with Crippen LogP contribution in [-0.2, 0) is 17.9 Å². The highest BCUT2D eigenvalue weighted by molar-refractivity contribution is 6.42. The molecule has 0 radical (unpaired) electrons. The van der Waals surface area contributed by atoms with Gasteiger partial charge in [0.2, 0.25) is 0 Å². The van der Waals surface area contributed by atoms with Gasteiger partial charge in [-0.25, -0.2) is 4.79 Å². The molecule has 208 valence electrons. The third-order valence-corrected chi connectivity index (χ3v) is 6.56. The standard InChI is InChI=1S/C25H25Cl2N3O2.C2HF3O2/c26-23-9-6-20(15-24(23)27)25(32)28-21-3-1-2-19(14-21)17-30-12-10-29(11-13-30)16-18-4-7-22(31)8-5-18;3-2(4,5)1(6)7/h1-9,14-15,31H,10-13,16-17H2,(H,28,32);(H,6,7). The normalized spacial score (nSPS) is 14.3. The monoisotopic (exact) mass is 583 g/mol. The number of halogens is 5. The number of rotatable bonds is 6. The van der Waals surface area contributed by atoms with Crippen LogP contribution in [0.5, 0.6) is 5.75 Å². The lowest BCUT2D eigenvalue weighted by molar-refractivity contribution is -0.192. The number of anilines is 1. The van der Waals surface area contributed by atoms with E-state index in [-0.39, 0.29) is 5.91 Å². The zero-order valence-electron chi connectivity index (χ0n) is 20.6. The molecule has 12 heteroatoms. The smallest absolute Gasteiger partial charge is 0.490 e.